The highest BCUT2D eigenvalue weighted by molar-refractivity contribution is 6.30. The van der Waals surface area contributed by atoms with E-state index in [2.05, 4.69) is 6.92 Å². The van der Waals surface area contributed by atoms with Gasteiger partial charge in [0, 0.05) is 0 Å². The van der Waals surface area contributed by atoms with Gasteiger partial charge in [-0.1, -0.05) is 19.7 Å². The van der Waals surface area contributed by atoms with E-state index in [0.717, 1.165) is 7.41 Å². The lowest BCUT2D eigenvalue weighted by molar-refractivity contribution is 1.07. The largest absolute Gasteiger partial charge is 0.373 e. The Hall–Kier alpha value is 0.0249. The van der Waals surface area contributed by atoms with Gasteiger partial charge in [0.25, 0.3) is 0 Å². The standard InChI is InChI=1S/C3H10BN/c1-2-3-4-5/h4H,2-3,5H2,1H3. The second-order valence-electron chi connectivity index (χ2n) is 1.14. The molecule has 1 nitrogen and oxygen atoms in total. The summed E-state index contributed by atoms with van der Waals surface area (Å²) < 4.78 is 0. The van der Waals surface area contributed by atoms with Gasteiger partial charge in [0.15, 0.2) is 7.41 Å². The Balaban J connectivity index is 2.19. The Morgan fingerprint density at radius 2 is 2.40 bits per heavy atom. The van der Waals surface area contributed by atoms with E-state index < -0.39 is 0 Å². The SMILES string of the molecule is CCCBN. The molecule has 0 amide bonds. The molecule has 5 heavy (non-hydrogen) atoms. The second-order valence-corrected chi connectivity index (χ2v) is 1.14. The third-order valence-electron chi connectivity index (χ3n) is 0.558. The number of hydrogen-bond acceptors (Lipinski definition) is 1. The third kappa shape index (κ3) is 4.02. The van der Waals surface area contributed by atoms with Crippen LogP contribution in [0.4, 0.5) is 0 Å². The fourth-order valence-corrected chi connectivity index (χ4v) is 0.204. The van der Waals surface area contributed by atoms with Crippen molar-refractivity contribution in [2.45, 2.75) is 19.7 Å². The highest BCUT2D eigenvalue weighted by Gasteiger charge is 1.72. The van der Waals surface area contributed by atoms with Crippen LogP contribution in [0.2, 0.25) is 6.32 Å². The Kier molecular flexibility index (Phi) is 4.05. The molecule has 0 rings (SSSR count). The smallest absolute Gasteiger partial charge is 0.198 e. The van der Waals surface area contributed by atoms with Crippen LogP contribution in [0.1, 0.15) is 13.3 Å². The summed E-state index contributed by atoms with van der Waals surface area (Å²) in [7, 11) is 0.844. The topological polar surface area (TPSA) is 26.0 Å². The van der Waals surface area contributed by atoms with Crippen LogP contribution in [0.15, 0.2) is 0 Å². The van der Waals surface area contributed by atoms with Crippen molar-refractivity contribution in [2.75, 3.05) is 0 Å². The zero-order chi connectivity index (χ0) is 4.12. The van der Waals surface area contributed by atoms with Gasteiger partial charge in [-0.05, 0) is 0 Å². The van der Waals surface area contributed by atoms with E-state index in [0.29, 0.717) is 0 Å². The average molecular weight is 70.9 g/mol. The Bertz CT molecular complexity index is 14.4. The van der Waals surface area contributed by atoms with E-state index in [9.17, 15) is 0 Å². The molecule has 0 bridgehead atoms. The Labute approximate surface area is 33.8 Å². The third-order valence-corrected chi connectivity index (χ3v) is 0.558. The summed E-state index contributed by atoms with van der Waals surface area (Å²) in [5, 5.41) is 0. The fourth-order valence-electron chi connectivity index (χ4n) is 0.204. The summed E-state index contributed by atoms with van der Waals surface area (Å²) in [6, 6.07) is 0. The van der Waals surface area contributed by atoms with Gasteiger partial charge in [-0.3, -0.25) is 0 Å². The van der Waals surface area contributed by atoms with Crippen LogP contribution >= 0.6 is 0 Å². The maximum absolute atomic E-state index is 5.14. The molecule has 0 radical (unpaired) electrons. The highest BCUT2D eigenvalue weighted by atomic mass is 14.3. The van der Waals surface area contributed by atoms with E-state index in [-0.39, 0.29) is 0 Å². The summed E-state index contributed by atoms with van der Waals surface area (Å²) in [5.74, 6) is 0. The van der Waals surface area contributed by atoms with E-state index in [4.69, 9.17) is 5.64 Å². The van der Waals surface area contributed by atoms with Gasteiger partial charge in [0.1, 0.15) is 0 Å². The molecule has 0 aliphatic heterocycles. The molecular formula is C3H10BN. The molecule has 0 saturated heterocycles. The van der Waals surface area contributed by atoms with Crippen molar-refractivity contribution in [3.63, 3.8) is 0 Å². The first-order chi connectivity index (χ1) is 2.41. The van der Waals surface area contributed by atoms with Gasteiger partial charge in [-0.15, -0.1) is 0 Å². The van der Waals surface area contributed by atoms with Gasteiger partial charge >= 0.3 is 0 Å². The minimum Gasteiger partial charge on any atom is -0.373 e. The van der Waals surface area contributed by atoms with Crippen molar-refractivity contribution in [2.24, 2.45) is 5.64 Å². The van der Waals surface area contributed by atoms with Crippen LogP contribution in [0.25, 0.3) is 0 Å². The predicted molar refractivity (Wildman–Crippen MR) is 26.4 cm³/mol. The lowest BCUT2D eigenvalue weighted by Gasteiger charge is -1.76. The van der Waals surface area contributed by atoms with E-state index >= 15 is 0 Å². The second kappa shape index (κ2) is 4.02. The minimum absolute atomic E-state index is 0.844. The molecular weight excluding hydrogens is 60.9 g/mol. The summed E-state index contributed by atoms with van der Waals surface area (Å²) in [6.07, 6.45) is 2.39. The molecule has 0 aromatic carbocycles. The van der Waals surface area contributed by atoms with Crippen LogP contribution in [0.3, 0.4) is 0 Å². The van der Waals surface area contributed by atoms with Crippen LogP contribution in [0, 0.1) is 0 Å². The molecule has 0 saturated carbocycles. The molecule has 0 spiro atoms. The molecule has 0 aromatic rings. The van der Waals surface area contributed by atoms with Gasteiger partial charge in [-0.2, -0.15) is 0 Å². The normalized spacial score (nSPS) is 7.60. The Morgan fingerprint density at radius 3 is 2.40 bits per heavy atom. The van der Waals surface area contributed by atoms with Crippen LogP contribution in [-0.4, -0.2) is 7.41 Å². The molecule has 0 aromatic heterocycles. The Morgan fingerprint density at radius 1 is 1.80 bits per heavy atom. The van der Waals surface area contributed by atoms with Crippen molar-refractivity contribution in [1.82, 2.24) is 0 Å². The first-order valence-corrected chi connectivity index (χ1v) is 2.12. The minimum atomic E-state index is 0.844. The molecule has 0 aliphatic carbocycles. The fraction of sp³-hybridized carbons (Fsp3) is 1.00. The van der Waals surface area contributed by atoms with Gasteiger partial charge in [-0.25, -0.2) is 0 Å². The van der Waals surface area contributed by atoms with Crippen molar-refractivity contribution in [3.05, 3.63) is 0 Å². The monoisotopic (exact) mass is 71.1 g/mol. The first kappa shape index (κ1) is 5.02. The zero-order valence-corrected chi connectivity index (χ0v) is 3.70. The predicted octanol–water partition coefficient (Wildman–Crippen LogP) is 0.125. The van der Waals surface area contributed by atoms with Crippen molar-refractivity contribution in [3.8, 4) is 0 Å². The van der Waals surface area contributed by atoms with E-state index in [1.807, 2.05) is 0 Å². The number of nitrogens with two attached hydrogens (primary N) is 1. The molecule has 30 valence electrons. The van der Waals surface area contributed by atoms with Crippen LogP contribution < -0.4 is 5.64 Å². The molecule has 2 N–H and O–H groups in total. The molecule has 0 atom stereocenters. The molecule has 2 heteroatoms. The van der Waals surface area contributed by atoms with Gasteiger partial charge in [0.05, 0.1) is 0 Å². The van der Waals surface area contributed by atoms with Crippen molar-refractivity contribution < 1.29 is 0 Å². The summed E-state index contributed by atoms with van der Waals surface area (Å²) >= 11 is 0. The highest BCUT2D eigenvalue weighted by Crippen LogP contribution is 1.77. The van der Waals surface area contributed by atoms with E-state index in [1.165, 1.54) is 12.7 Å². The maximum Gasteiger partial charge on any atom is 0.198 e. The first-order valence-electron chi connectivity index (χ1n) is 2.12. The van der Waals surface area contributed by atoms with Gasteiger partial charge < -0.3 is 5.64 Å². The molecule has 0 heterocycles. The van der Waals surface area contributed by atoms with Gasteiger partial charge in [0.2, 0.25) is 0 Å². The quantitative estimate of drug-likeness (QED) is 0.460. The molecule has 0 aliphatic rings. The summed E-state index contributed by atoms with van der Waals surface area (Å²) in [4.78, 5) is 0. The average Bonchev–Trinajstić information content (AvgIpc) is 1.41. The number of hydrogen-bond donors (Lipinski definition) is 1. The number of rotatable bonds is 2. The maximum atomic E-state index is 5.14. The van der Waals surface area contributed by atoms with E-state index in [1.54, 1.807) is 0 Å². The summed E-state index contributed by atoms with van der Waals surface area (Å²) in [5.41, 5.74) is 5.14. The molecule has 0 fully saturated rings. The summed E-state index contributed by atoms with van der Waals surface area (Å²) in [6.45, 7) is 2.13. The van der Waals surface area contributed by atoms with Crippen LogP contribution in [-0.2, 0) is 0 Å². The zero-order valence-electron chi connectivity index (χ0n) is 3.70. The van der Waals surface area contributed by atoms with Crippen molar-refractivity contribution >= 4 is 7.41 Å². The lowest BCUT2D eigenvalue weighted by atomic mass is 9.90. The van der Waals surface area contributed by atoms with Crippen LogP contribution in [0.5, 0.6) is 0 Å². The van der Waals surface area contributed by atoms with Crippen molar-refractivity contribution in [1.29, 1.82) is 0 Å². The lowest BCUT2D eigenvalue weighted by Crippen LogP contribution is -2.01. The molecule has 0 unspecified atom stereocenters.